The second kappa shape index (κ2) is 12.4. The standard InChI is InChI=1S/C26H33N9O2/c1-18-8-6-7-9-21(18)32-25(19(2)16-31-26(37)23-24(27)30-11-10-29-23)34(5)15-14-33(4)22(36)17-35-13-12-28-20(35)3/h6-13H,2,14-17H2,1,3-5H3,(H2,27,30)(H,31,37). The molecule has 1 aromatic carbocycles. The highest BCUT2D eigenvalue weighted by atomic mass is 16.2. The van der Waals surface area contributed by atoms with E-state index >= 15 is 0 Å². The topological polar surface area (TPSA) is 135 Å². The number of nitrogens with one attached hydrogen (secondary N) is 1. The summed E-state index contributed by atoms with van der Waals surface area (Å²) in [5.74, 6) is 0.945. The van der Waals surface area contributed by atoms with E-state index in [-0.39, 0.29) is 30.5 Å². The number of anilines is 1. The first-order valence-corrected chi connectivity index (χ1v) is 11.8. The number of hydrogen-bond donors (Lipinski definition) is 2. The lowest BCUT2D eigenvalue weighted by molar-refractivity contribution is -0.130. The molecular formula is C26H33N9O2. The fourth-order valence-electron chi connectivity index (χ4n) is 3.48. The molecule has 11 heteroatoms. The van der Waals surface area contributed by atoms with Crippen molar-refractivity contribution >= 4 is 29.2 Å². The van der Waals surface area contributed by atoms with Crippen molar-refractivity contribution in [1.82, 2.24) is 34.6 Å². The van der Waals surface area contributed by atoms with Crippen LogP contribution in [0.1, 0.15) is 21.9 Å². The molecule has 11 nitrogen and oxygen atoms in total. The van der Waals surface area contributed by atoms with Gasteiger partial charge in [0, 0.05) is 64.1 Å². The highest BCUT2D eigenvalue weighted by Crippen LogP contribution is 2.19. The van der Waals surface area contributed by atoms with Crippen LogP contribution in [0, 0.1) is 13.8 Å². The lowest BCUT2D eigenvalue weighted by Crippen LogP contribution is -2.40. The number of likely N-dealkylation sites (N-methyl/N-ethyl adjacent to an activating group) is 2. The average molecular weight is 504 g/mol. The molecule has 0 radical (unpaired) electrons. The number of hydrogen-bond acceptors (Lipinski definition) is 7. The summed E-state index contributed by atoms with van der Waals surface area (Å²) in [5.41, 5.74) is 8.20. The molecule has 0 saturated heterocycles. The van der Waals surface area contributed by atoms with Gasteiger partial charge >= 0.3 is 0 Å². The number of para-hydroxylation sites is 1. The van der Waals surface area contributed by atoms with E-state index in [4.69, 9.17) is 10.7 Å². The van der Waals surface area contributed by atoms with E-state index < -0.39 is 5.91 Å². The van der Waals surface area contributed by atoms with Crippen LogP contribution in [-0.2, 0) is 11.3 Å². The van der Waals surface area contributed by atoms with E-state index in [2.05, 4.69) is 26.8 Å². The molecule has 3 rings (SSSR count). The van der Waals surface area contributed by atoms with Gasteiger partial charge in [-0.15, -0.1) is 0 Å². The first-order valence-electron chi connectivity index (χ1n) is 11.8. The average Bonchev–Trinajstić information content (AvgIpc) is 3.29. The number of rotatable bonds is 10. The van der Waals surface area contributed by atoms with Crippen LogP contribution >= 0.6 is 0 Å². The van der Waals surface area contributed by atoms with Gasteiger partial charge < -0.3 is 25.4 Å². The normalized spacial score (nSPS) is 11.2. The van der Waals surface area contributed by atoms with Gasteiger partial charge in [-0.05, 0) is 25.5 Å². The molecule has 0 unspecified atom stereocenters. The highest BCUT2D eigenvalue weighted by molar-refractivity contribution is 6.01. The molecule has 0 spiro atoms. The van der Waals surface area contributed by atoms with Crippen LogP contribution in [0.2, 0.25) is 0 Å². The predicted molar refractivity (Wildman–Crippen MR) is 143 cm³/mol. The summed E-state index contributed by atoms with van der Waals surface area (Å²) >= 11 is 0. The third-order valence-electron chi connectivity index (χ3n) is 5.85. The van der Waals surface area contributed by atoms with E-state index in [1.54, 1.807) is 24.3 Å². The van der Waals surface area contributed by atoms with Crippen LogP contribution in [0.5, 0.6) is 0 Å². The number of nitrogens with two attached hydrogens (primary N) is 1. The minimum absolute atomic E-state index is 0.0282. The number of carbonyl (C=O) groups excluding carboxylic acids is 2. The number of imidazole rings is 1. The Hall–Kier alpha value is -4.54. The van der Waals surface area contributed by atoms with Gasteiger partial charge in [-0.25, -0.2) is 19.9 Å². The number of amides is 2. The predicted octanol–water partition coefficient (Wildman–Crippen LogP) is 1.98. The Morgan fingerprint density at radius 3 is 2.43 bits per heavy atom. The smallest absolute Gasteiger partial charge is 0.273 e. The number of nitrogen functional groups attached to an aromatic ring is 1. The maximum Gasteiger partial charge on any atom is 0.273 e. The Balaban J connectivity index is 1.70. The molecule has 0 atom stereocenters. The molecule has 3 aromatic rings. The van der Waals surface area contributed by atoms with Gasteiger partial charge in [0.2, 0.25) is 5.91 Å². The maximum absolute atomic E-state index is 12.7. The Labute approximate surface area is 216 Å². The Morgan fingerprint density at radius 2 is 1.76 bits per heavy atom. The summed E-state index contributed by atoms with van der Waals surface area (Å²) in [4.78, 5) is 45.8. The quantitative estimate of drug-likeness (QED) is 0.319. The van der Waals surface area contributed by atoms with Crippen molar-refractivity contribution in [2.75, 3.05) is 39.5 Å². The van der Waals surface area contributed by atoms with E-state index in [9.17, 15) is 9.59 Å². The summed E-state index contributed by atoms with van der Waals surface area (Å²) < 4.78 is 1.81. The summed E-state index contributed by atoms with van der Waals surface area (Å²) in [6, 6.07) is 7.75. The fourth-order valence-corrected chi connectivity index (χ4v) is 3.48. The number of carbonyl (C=O) groups is 2. The molecule has 0 aliphatic rings. The second-order valence-electron chi connectivity index (χ2n) is 8.64. The van der Waals surface area contributed by atoms with Crippen molar-refractivity contribution in [3.05, 3.63) is 78.3 Å². The summed E-state index contributed by atoms with van der Waals surface area (Å²) in [7, 11) is 3.64. The van der Waals surface area contributed by atoms with Gasteiger partial charge in [0.15, 0.2) is 11.5 Å². The molecule has 0 aliphatic heterocycles. The van der Waals surface area contributed by atoms with Crippen molar-refractivity contribution in [3.8, 4) is 0 Å². The number of aryl methyl sites for hydroxylation is 2. The lowest BCUT2D eigenvalue weighted by atomic mass is 10.2. The van der Waals surface area contributed by atoms with Crippen molar-refractivity contribution in [2.24, 2.45) is 4.99 Å². The van der Waals surface area contributed by atoms with Crippen molar-refractivity contribution in [2.45, 2.75) is 20.4 Å². The van der Waals surface area contributed by atoms with Crippen LogP contribution in [0.4, 0.5) is 11.5 Å². The minimum atomic E-state index is -0.454. The first-order chi connectivity index (χ1) is 17.7. The zero-order valence-corrected chi connectivity index (χ0v) is 21.7. The summed E-state index contributed by atoms with van der Waals surface area (Å²) in [6.45, 7) is 9.31. The highest BCUT2D eigenvalue weighted by Gasteiger charge is 2.18. The molecular weight excluding hydrogens is 470 g/mol. The number of benzene rings is 1. The van der Waals surface area contributed by atoms with Gasteiger partial charge in [0.05, 0.1) is 5.69 Å². The van der Waals surface area contributed by atoms with E-state index in [0.717, 1.165) is 17.1 Å². The van der Waals surface area contributed by atoms with Crippen molar-refractivity contribution < 1.29 is 9.59 Å². The second-order valence-corrected chi connectivity index (χ2v) is 8.64. The molecule has 0 bridgehead atoms. The zero-order valence-electron chi connectivity index (χ0n) is 21.7. The van der Waals surface area contributed by atoms with Crippen LogP contribution in [-0.4, -0.2) is 80.7 Å². The van der Waals surface area contributed by atoms with Crippen LogP contribution < -0.4 is 11.1 Å². The molecule has 3 N–H and O–H groups in total. The van der Waals surface area contributed by atoms with Gasteiger partial charge in [-0.1, -0.05) is 24.8 Å². The molecule has 0 aliphatic carbocycles. The van der Waals surface area contributed by atoms with Crippen molar-refractivity contribution in [3.63, 3.8) is 0 Å². The summed E-state index contributed by atoms with van der Waals surface area (Å²) in [5, 5.41) is 2.79. The molecule has 2 heterocycles. The van der Waals surface area contributed by atoms with E-state index in [1.165, 1.54) is 12.4 Å². The van der Waals surface area contributed by atoms with Gasteiger partial charge in [0.1, 0.15) is 18.2 Å². The monoisotopic (exact) mass is 503 g/mol. The number of aromatic nitrogens is 4. The minimum Gasteiger partial charge on any atom is -0.382 e. The zero-order chi connectivity index (χ0) is 26.9. The third kappa shape index (κ3) is 7.23. The third-order valence-corrected chi connectivity index (χ3v) is 5.85. The number of aliphatic imine (C=N–C) groups is 1. The molecule has 0 saturated carbocycles. The fraction of sp³-hybridized carbons (Fsp3) is 0.308. The molecule has 37 heavy (non-hydrogen) atoms. The van der Waals surface area contributed by atoms with Crippen LogP contribution in [0.3, 0.4) is 0 Å². The SMILES string of the molecule is C=C(CNC(=O)c1nccnc1N)C(=Nc1ccccc1C)N(C)CCN(C)C(=O)Cn1ccnc1C. The Morgan fingerprint density at radius 1 is 1.05 bits per heavy atom. The van der Waals surface area contributed by atoms with Gasteiger partial charge in [-0.2, -0.15) is 0 Å². The maximum atomic E-state index is 12.7. The van der Waals surface area contributed by atoms with Crippen LogP contribution in [0.25, 0.3) is 0 Å². The molecule has 0 fully saturated rings. The molecule has 2 amide bonds. The summed E-state index contributed by atoms with van der Waals surface area (Å²) in [6.07, 6.45) is 6.29. The Kier molecular flexibility index (Phi) is 9.09. The number of nitrogens with zero attached hydrogens (tertiary/aromatic N) is 7. The lowest BCUT2D eigenvalue weighted by Gasteiger charge is -2.26. The molecule has 194 valence electrons. The number of amidine groups is 1. The van der Waals surface area contributed by atoms with E-state index in [1.807, 2.05) is 54.6 Å². The first kappa shape index (κ1) is 27.1. The van der Waals surface area contributed by atoms with Crippen molar-refractivity contribution in [1.29, 1.82) is 0 Å². The Bertz CT molecular complexity index is 1300. The molecule has 2 aromatic heterocycles. The van der Waals surface area contributed by atoms with Crippen LogP contribution in [0.15, 0.2) is 66.2 Å². The largest absolute Gasteiger partial charge is 0.382 e. The van der Waals surface area contributed by atoms with Gasteiger partial charge in [-0.3, -0.25) is 9.59 Å². The van der Waals surface area contributed by atoms with Gasteiger partial charge in [0.25, 0.3) is 5.91 Å². The van der Waals surface area contributed by atoms with E-state index in [0.29, 0.717) is 24.5 Å².